The van der Waals surface area contributed by atoms with Crippen molar-refractivity contribution in [3.63, 3.8) is 0 Å². The van der Waals surface area contributed by atoms with Crippen molar-refractivity contribution in [1.82, 2.24) is 5.32 Å². The number of hydrogen-bond donors (Lipinski definition) is 1. The fraction of sp³-hybridized carbons (Fsp3) is 1.00. The van der Waals surface area contributed by atoms with E-state index >= 15 is 0 Å². The number of nitrogens with one attached hydrogen (secondary N) is 1. The third-order valence-electron chi connectivity index (χ3n) is 3.86. The first-order valence-electron chi connectivity index (χ1n) is 5.80. The summed E-state index contributed by atoms with van der Waals surface area (Å²) in [6, 6.07) is 0. The Labute approximate surface area is 85.1 Å². The molecule has 3 fully saturated rings. The van der Waals surface area contributed by atoms with Crippen LogP contribution in [0.25, 0.3) is 0 Å². The second-order valence-corrected chi connectivity index (χ2v) is 5.10. The second kappa shape index (κ2) is 3.47. The minimum absolute atomic E-state index is 0.395. The molecule has 1 N–H and O–H groups in total. The number of rotatable bonds is 3. The molecule has 3 nitrogen and oxygen atoms in total. The summed E-state index contributed by atoms with van der Waals surface area (Å²) in [4.78, 5) is 0. The standard InChI is InChI=1S/C11H19NO2/c1-2-9(13-3-1)6-14-10-4-11(5-10)7-12-8-11/h9-10,12H,1-8H2/t9-/m1/s1. The molecule has 2 heterocycles. The van der Waals surface area contributed by atoms with Gasteiger partial charge in [-0.05, 0) is 25.7 Å². The smallest absolute Gasteiger partial charge is 0.0809 e. The van der Waals surface area contributed by atoms with Crippen molar-refractivity contribution >= 4 is 0 Å². The van der Waals surface area contributed by atoms with Gasteiger partial charge in [0.1, 0.15) is 0 Å². The Morgan fingerprint density at radius 2 is 2.21 bits per heavy atom. The molecule has 1 spiro atoms. The van der Waals surface area contributed by atoms with Gasteiger partial charge in [0.2, 0.25) is 0 Å². The zero-order valence-electron chi connectivity index (χ0n) is 8.63. The molecule has 2 aliphatic heterocycles. The molecule has 3 rings (SSSR count). The molecule has 0 unspecified atom stereocenters. The summed E-state index contributed by atoms with van der Waals surface area (Å²) >= 11 is 0. The van der Waals surface area contributed by atoms with E-state index in [1.165, 1.54) is 38.8 Å². The van der Waals surface area contributed by atoms with E-state index in [0.717, 1.165) is 13.2 Å². The average Bonchev–Trinajstić information content (AvgIpc) is 2.50. The monoisotopic (exact) mass is 197 g/mol. The predicted octanol–water partition coefficient (Wildman–Crippen LogP) is 0.934. The van der Waals surface area contributed by atoms with Gasteiger partial charge in [-0.2, -0.15) is 0 Å². The molecule has 0 radical (unpaired) electrons. The van der Waals surface area contributed by atoms with Crippen LogP contribution < -0.4 is 5.32 Å². The highest BCUT2D eigenvalue weighted by Crippen LogP contribution is 2.45. The fourth-order valence-electron chi connectivity index (χ4n) is 2.81. The highest BCUT2D eigenvalue weighted by molar-refractivity contribution is 5.03. The summed E-state index contributed by atoms with van der Waals surface area (Å²) in [5, 5.41) is 3.34. The van der Waals surface area contributed by atoms with Gasteiger partial charge in [0.05, 0.1) is 18.8 Å². The molecule has 80 valence electrons. The van der Waals surface area contributed by atoms with E-state index in [0.29, 0.717) is 17.6 Å². The van der Waals surface area contributed by atoms with Gasteiger partial charge in [0, 0.05) is 25.1 Å². The molecule has 0 bridgehead atoms. The van der Waals surface area contributed by atoms with Crippen molar-refractivity contribution in [3.05, 3.63) is 0 Å². The summed E-state index contributed by atoms with van der Waals surface area (Å²) in [5.41, 5.74) is 0.640. The lowest BCUT2D eigenvalue weighted by Gasteiger charge is -2.54. The van der Waals surface area contributed by atoms with Crippen LogP contribution >= 0.6 is 0 Å². The molecule has 0 amide bonds. The minimum Gasteiger partial charge on any atom is -0.376 e. The first-order chi connectivity index (χ1) is 6.86. The molecule has 1 saturated carbocycles. The lowest BCUT2D eigenvalue weighted by Crippen LogP contribution is -2.62. The molecule has 1 atom stereocenters. The van der Waals surface area contributed by atoms with Crippen LogP contribution in [0.1, 0.15) is 25.7 Å². The van der Waals surface area contributed by atoms with E-state index in [4.69, 9.17) is 9.47 Å². The first kappa shape index (κ1) is 9.13. The van der Waals surface area contributed by atoms with E-state index < -0.39 is 0 Å². The third-order valence-corrected chi connectivity index (χ3v) is 3.86. The van der Waals surface area contributed by atoms with E-state index in [9.17, 15) is 0 Å². The largest absolute Gasteiger partial charge is 0.376 e. The Hall–Kier alpha value is -0.120. The van der Waals surface area contributed by atoms with Crippen molar-refractivity contribution in [2.45, 2.75) is 37.9 Å². The van der Waals surface area contributed by atoms with Crippen LogP contribution in [0.2, 0.25) is 0 Å². The number of ether oxygens (including phenoxy) is 2. The first-order valence-corrected chi connectivity index (χ1v) is 5.80. The molecule has 0 aromatic heterocycles. The third kappa shape index (κ3) is 1.58. The van der Waals surface area contributed by atoms with Crippen LogP contribution in [-0.2, 0) is 9.47 Å². The highest BCUT2D eigenvalue weighted by atomic mass is 16.5. The van der Waals surface area contributed by atoms with Crippen LogP contribution in [0.3, 0.4) is 0 Å². The Kier molecular flexibility index (Phi) is 2.26. The van der Waals surface area contributed by atoms with Crippen molar-refractivity contribution in [1.29, 1.82) is 0 Å². The molecular weight excluding hydrogens is 178 g/mol. The van der Waals surface area contributed by atoms with Gasteiger partial charge in [-0.3, -0.25) is 0 Å². The van der Waals surface area contributed by atoms with Crippen LogP contribution in [0.4, 0.5) is 0 Å². The molecule has 3 aliphatic rings. The molecule has 2 saturated heterocycles. The molecule has 1 aliphatic carbocycles. The van der Waals surface area contributed by atoms with Gasteiger partial charge >= 0.3 is 0 Å². The van der Waals surface area contributed by atoms with Gasteiger partial charge in [-0.15, -0.1) is 0 Å². The lowest BCUT2D eigenvalue weighted by atomic mass is 9.63. The van der Waals surface area contributed by atoms with Crippen molar-refractivity contribution in [2.75, 3.05) is 26.3 Å². The molecule has 0 aromatic carbocycles. The Bertz CT molecular complexity index is 201. The van der Waals surface area contributed by atoms with Crippen molar-refractivity contribution < 1.29 is 9.47 Å². The number of hydrogen-bond acceptors (Lipinski definition) is 3. The molecule has 0 aromatic rings. The van der Waals surface area contributed by atoms with Crippen LogP contribution in [0.5, 0.6) is 0 Å². The predicted molar refractivity (Wildman–Crippen MR) is 53.3 cm³/mol. The zero-order chi connectivity index (χ0) is 9.43. The second-order valence-electron chi connectivity index (χ2n) is 5.10. The summed E-state index contributed by atoms with van der Waals surface area (Å²) in [5.74, 6) is 0. The van der Waals surface area contributed by atoms with Gasteiger partial charge in [-0.1, -0.05) is 0 Å². The van der Waals surface area contributed by atoms with Crippen LogP contribution in [-0.4, -0.2) is 38.5 Å². The normalized spacial score (nSPS) is 35.6. The van der Waals surface area contributed by atoms with Crippen molar-refractivity contribution in [2.24, 2.45) is 5.41 Å². The average molecular weight is 197 g/mol. The fourth-order valence-corrected chi connectivity index (χ4v) is 2.81. The van der Waals surface area contributed by atoms with E-state index in [-0.39, 0.29) is 0 Å². The highest BCUT2D eigenvalue weighted by Gasteiger charge is 2.49. The Morgan fingerprint density at radius 1 is 1.36 bits per heavy atom. The molecular formula is C11H19NO2. The van der Waals surface area contributed by atoms with Crippen molar-refractivity contribution in [3.8, 4) is 0 Å². The topological polar surface area (TPSA) is 30.5 Å². The summed E-state index contributed by atoms with van der Waals surface area (Å²) in [7, 11) is 0. The zero-order valence-corrected chi connectivity index (χ0v) is 8.63. The Balaban J connectivity index is 1.34. The van der Waals surface area contributed by atoms with Gasteiger partial charge in [0.15, 0.2) is 0 Å². The maximum Gasteiger partial charge on any atom is 0.0809 e. The summed E-state index contributed by atoms with van der Waals surface area (Å²) < 4.78 is 11.4. The van der Waals surface area contributed by atoms with Gasteiger partial charge in [-0.25, -0.2) is 0 Å². The summed E-state index contributed by atoms with van der Waals surface area (Å²) in [6.07, 6.45) is 5.87. The van der Waals surface area contributed by atoms with Gasteiger partial charge in [0.25, 0.3) is 0 Å². The molecule has 3 heteroatoms. The lowest BCUT2D eigenvalue weighted by molar-refractivity contribution is -0.121. The van der Waals surface area contributed by atoms with Crippen LogP contribution in [0, 0.1) is 5.41 Å². The summed E-state index contributed by atoms with van der Waals surface area (Å²) in [6.45, 7) is 4.19. The van der Waals surface area contributed by atoms with E-state index in [1.807, 2.05) is 0 Å². The molecule has 14 heavy (non-hydrogen) atoms. The SMILES string of the molecule is C1CO[C@@H](COC2CC3(CNC3)C2)C1. The van der Waals surface area contributed by atoms with Gasteiger partial charge < -0.3 is 14.8 Å². The van der Waals surface area contributed by atoms with Crippen LogP contribution in [0.15, 0.2) is 0 Å². The quantitative estimate of drug-likeness (QED) is 0.730. The van der Waals surface area contributed by atoms with E-state index in [1.54, 1.807) is 0 Å². The Morgan fingerprint density at radius 3 is 2.79 bits per heavy atom. The maximum atomic E-state index is 5.84. The maximum absolute atomic E-state index is 5.84. The minimum atomic E-state index is 0.395. The van der Waals surface area contributed by atoms with E-state index in [2.05, 4.69) is 5.32 Å².